The van der Waals surface area contributed by atoms with Gasteiger partial charge >= 0.3 is 0 Å². The second-order valence-corrected chi connectivity index (χ2v) is 7.03. The fraction of sp³-hybridized carbons (Fsp3) is 0.350. The van der Waals surface area contributed by atoms with Crippen LogP contribution in [-0.4, -0.2) is 46.1 Å². The molecule has 0 saturated carbocycles. The van der Waals surface area contributed by atoms with Gasteiger partial charge in [-0.25, -0.2) is 15.0 Å². The van der Waals surface area contributed by atoms with Crippen molar-refractivity contribution in [3.63, 3.8) is 0 Å². The van der Waals surface area contributed by atoms with Crippen LogP contribution in [0.15, 0.2) is 47.8 Å². The van der Waals surface area contributed by atoms with Crippen molar-refractivity contribution in [1.82, 2.24) is 15.0 Å². The Morgan fingerprint density at radius 3 is 2.43 bits per heavy atom. The Kier molecular flexibility index (Phi) is 5.01. The van der Waals surface area contributed by atoms with Gasteiger partial charge in [-0.1, -0.05) is 30.3 Å². The molecule has 2 aliphatic rings. The Balaban J connectivity index is 1.38. The summed E-state index contributed by atoms with van der Waals surface area (Å²) < 4.78 is 0. The first kappa shape index (κ1) is 18.1. The van der Waals surface area contributed by atoms with E-state index in [2.05, 4.69) is 20.0 Å². The van der Waals surface area contributed by atoms with Gasteiger partial charge in [0.15, 0.2) is 0 Å². The van der Waals surface area contributed by atoms with Crippen LogP contribution in [-0.2, 0) is 4.79 Å². The Labute approximate surface area is 163 Å². The maximum Gasteiger partial charge on any atom is 0.268 e. The van der Waals surface area contributed by atoms with Crippen LogP contribution in [0, 0.1) is 5.92 Å². The minimum Gasteiger partial charge on any atom is -0.364 e. The van der Waals surface area contributed by atoms with E-state index in [4.69, 9.17) is 5.73 Å². The first-order chi connectivity index (χ1) is 13.6. The number of piperidine rings is 1. The maximum atomic E-state index is 13.1. The first-order valence-corrected chi connectivity index (χ1v) is 9.40. The van der Waals surface area contributed by atoms with Crippen molar-refractivity contribution >= 4 is 23.8 Å². The minimum atomic E-state index is -0.595. The highest BCUT2D eigenvalue weighted by Gasteiger charge is 2.34. The van der Waals surface area contributed by atoms with E-state index < -0.39 is 5.91 Å². The fourth-order valence-electron chi connectivity index (χ4n) is 3.73. The normalized spacial score (nSPS) is 19.8. The highest BCUT2D eigenvalue weighted by molar-refractivity contribution is 5.90. The summed E-state index contributed by atoms with van der Waals surface area (Å²) in [5.41, 5.74) is 6.45. The van der Waals surface area contributed by atoms with Gasteiger partial charge in [0.2, 0.25) is 5.91 Å². The number of nitrogens with two attached hydrogens (primary N) is 1. The van der Waals surface area contributed by atoms with Gasteiger partial charge in [-0.2, -0.15) is 5.10 Å². The van der Waals surface area contributed by atoms with Gasteiger partial charge in [0.1, 0.15) is 11.5 Å². The molecule has 4 rings (SSSR count). The third kappa shape index (κ3) is 3.58. The summed E-state index contributed by atoms with van der Waals surface area (Å²) in [6.45, 7) is 1.41. The number of hydrogen-bond acceptors (Lipinski definition) is 6. The molecule has 1 aromatic heterocycles. The van der Waals surface area contributed by atoms with Crippen LogP contribution in [0.4, 0.5) is 5.82 Å². The average Bonchev–Trinajstić information content (AvgIpc) is 3.24. The van der Waals surface area contributed by atoms with E-state index in [1.807, 2.05) is 36.5 Å². The van der Waals surface area contributed by atoms with E-state index >= 15 is 0 Å². The van der Waals surface area contributed by atoms with Crippen molar-refractivity contribution in [2.45, 2.75) is 25.3 Å². The lowest BCUT2D eigenvalue weighted by Crippen LogP contribution is -2.41. The standard InChI is InChI=1S/C20H22N6O2/c21-19(27)16-12-23-18(13-22-16)25-10-7-15(8-11-25)20(28)26-17(6-9-24-26)14-4-2-1-3-5-14/h1-5,9,12-13,15,17H,6-8,10-11H2,(H2,21,27). The highest BCUT2D eigenvalue weighted by Crippen LogP contribution is 2.32. The summed E-state index contributed by atoms with van der Waals surface area (Å²) in [6, 6.07) is 10.0. The molecule has 2 N–H and O–H groups in total. The topological polar surface area (TPSA) is 105 Å². The minimum absolute atomic E-state index is 0.0149. The van der Waals surface area contributed by atoms with Crippen molar-refractivity contribution < 1.29 is 9.59 Å². The van der Waals surface area contributed by atoms with E-state index in [1.165, 1.54) is 6.20 Å². The van der Waals surface area contributed by atoms with Crippen LogP contribution >= 0.6 is 0 Å². The van der Waals surface area contributed by atoms with Crippen LogP contribution in [0.3, 0.4) is 0 Å². The second kappa shape index (κ2) is 7.75. The third-order valence-electron chi connectivity index (χ3n) is 5.30. The molecule has 8 nitrogen and oxygen atoms in total. The lowest BCUT2D eigenvalue weighted by atomic mass is 9.94. The highest BCUT2D eigenvalue weighted by atomic mass is 16.2. The molecule has 28 heavy (non-hydrogen) atoms. The molecule has 1 saturated heterocycles. The van der Waals surface area contributed by atoms with E-state index in [1.54, 1.807) is 11.2 Å². The van der Waals surface area contributed by atoms with Gasteiger partial charge in [-0.3, -0.25) is 9.59 Å². The zero-order chi connectivity index (χ0) is 19.5. The molecule has 144 valence electrons. The predicted molar refractivity (Wildman–Crippen MR) is 105 cm³/mol. The number of primary amides is 1. The number of anilines is 1. The largest absolute Gasteiger partial charge is 0.364 e. The number of aromatic nitrogens is 2. The van der Waals surface area contributed by atoms with Crippen LogP contribution in [0.1, 0.15) is 41.4 Å². The molecule has 0 bridgehead atoms. The molecule has 2 aromatic rings. The molecule has 2 amide bonds. The van der Waals surface area contributed by atoms with Crippen LogP contribution in [0.5, 0.6) is 0 Å². The van der Waals surface area contributed by atoms with Gasteiger partial charge in [0.25, 0.3) is 5.91 Å². The van der Waals surface area contributed by atoms with Crippen LogP contribution in [0.2, 0.25) is 0 Å². The summed E-state index contributed by atoms with van der Waals surface area (Å²) in [5, 5.41) is 6.00. The van der Waals surface area contributed by atoms with E-state index in [-0.39, 0.29) is 23.6 Å². The summed E-state index contributed by atoms with van der Waals surface area (Å²) in [7, 11) is 0. The zero-order valence-electron chi connectivity index (χ0n) is 15.4. The predicted octanol–water partition coefficient (Wildman–Crippen LogP) is 1.75. The van der Waals surface area contributed by atoms with Gasteiger partial charge in [0, 0.05) is 31.6 Å². The molecule has 0 aliphatic carbocycles. The maximum absolute atomic E-state index is 13.1. The first-order valence-electron chi connectivity index (χ1n) is 9.40. The summed E-state index contributed by atoms with van der Waals surface area (Å²) in [4.78, 5) is 34.6. The Hall–Kier alpha value is -3.29. The van der Waals surface area contributed by atoms with E-state index in [0.29, 0.717) is 18.9 Å². The van der Waals surface area contributed by atoms with Crippen molar-refractivity contribution in [3.8, 4) is 0 Å². The van der Waals surface area contributed by atoms with Crippen molar-refractivity contribution in [2.24, 2.45) is 16.8 Å². The molecule has 1 aromatic carbocycles. The number of nitrogens with zero attached hydrogens (tertiary/aromatic N) is 5. The second-order valence-electron chi connectivity index (χ2n) is 7.03. The number of rotatable bonds is 4. The van der Waals surface area contributed by atoms with E-state index in [9.17, 15) is 9.59 Å². The van der Waals surface area contributed by atoms with Gasteiger partial charge in [-0.15, -0.1) is 0 Å². The van der Waals surface area contributed by atoms with Crippen molar-refractivity contribution in [1.29, 1.82) is 0 Å². The lowest BCUT2D eigenvalue weighted by molar-refractivity contribution is -0.138. The molecule has 3 heterocycles. The lowest BCUT2D eigenvalue weighted by Gasteiger charge is -2.34. The Bertz CT molecular complexity index is 875. The number of carbonyl (C=O) groups excluding carboxylic acids is 2. The number of benzene rings is 1. The SMILES string of the molecule is NC(=O)c1cnc(N2CCC(C(=O)N3N=CCC3c3ccccc3)CC2)cn1. The molecule has 2 aliphatic heterocycles. The molecule has 1 unspecified atom stereocenters. The Morgan fingerprint density at radius 1 is 1.04 bits per heavy atom. The fourth-order valence-corrected chi connectivity index (χ4v) is 3.73. The molecule has 0 spiro atoms. The Morgan fingerprint density at radius 2 is 1.79 bits per heavy atom. The van der Waals surface area contributed by atoms with Crippen molar-refractivity contribution in [3.05, 3.63) is 54.0 Å². The van der Waals surface area contributed by atoms with Gasteiger partial charge in [-0.05, 0) is 18.4 Å². The third-order valence-corrected chi connectivity index (χ3v) is 5.30. The summed E-state index contributed by atoms with van der Waals surface area (Å²) in [6.07, 6.45) is 6.96. The van der Waals surface area contributed by atoms with Crippen molar-refractivity contribution in [2.75, 3.05) is 18.0 Å². The van der Waals surface area contributed by atoms with Gasteiger partial charge < -0.3 is 10.6 Å². The zero-order valence-corrected chi connectivity index (χ0v) is 15.4. The van der Waals surface area contributed by atoms with Crippen LogP contribution < -0.4 is 10.6 Å². The number of hydrazone groups is 1. The quantitative estimate of drug-likeness (QED) is 0.873. The molecular formula is C20H22N6O2. The van der Waals surface area contributed by atoms with Gasteiger partial charge in [0.05, 0.1) is 18.4 Å². The molecule has 1 atom stereocenters. The number of amides is 2. The average molecular weight is 378 g/mol. The molecule has 1 fully saturated rings. The monoisotopic (exact) mass is 378 g/mol. The van der Waals surface area contributed by atoms with E-state index in [0.717, 1.165) is 24.8 Å². The van der Waals surface area contributed by atoms with Crippen LogP contribution in [0.25, 0.3) is 0 Å². The molecule has 0 radical (unpaired) electrons. The number of hydrogen-bond donors (Lipinski definition) is 1. The number of carbonyl (C=O) groups is 2. The molecular weight excluding hydrogens is 356 g/mol. The summed E-state index contributed by atoms with van der Waals surface area (Å²) >= 11 is 0. The molecule has 8 heteroatoms. The smallest absolute Gasteiger partial charge is 0.268 e. The summed E-state index contributed by atoms with van der Waals surface area (Å²) in [5.74, 6) is 0.118.